The number of hydrogen-bond acceptors (Lipinski definition) is 3. The van der Waals surface area contributed by atoms with Gasteiger partial charge in [0.15, 0.2) is 5.82 Å². The minimum Gasteiger partial charge on any atom is -0.304 e. The third-order valence-corrected chi connectivity index (χ3v) is 2.16. The second-order valence-electron chi connectivity index (χ2n) is 2.91. The second-order valence-corrected chi connectivity index (χ2v) is 3.31. The Morgan fingerprint density at radius 1 is 1.50 bits per heavy atom. The molecular formula is C9H6ClFN4O. The molecule has 2 N–H and O–H groups in total. The number of anilines is 1. The Morgan fingerprint density at radius 2 is 2.31 bits per heavy atom. The zero-order valence-corrected chi connectivity index (χ0v) is 8.62. The first kappa shape index (κ1) is 10.6. The summed E-state index contributed by atoms with van der Waals surface area (Å²) >= 11 is 5.72. The summed E-state index contributed by atoms with van der Waals surface area (Å²) < 4.78 is 13.3. The van der Waals surface area contributed by atoms with Gasteiger partial charge in [-0.15, -0.1) is 5.10 Å². The third kappa shape index (κ3) is 2.01. The molecule has 1 aromatic heterocycles. The average molecular weight is 241 g/mol. The number of nitrogens with one attached hydrogen (secondary N) is 2. The van der Waals surface area contributed by atoms with Crippen LogP contribution in [0.1, 0.15) is 10.4 Å². The monoisotopic (exact) mass is 240 g/mol. The smallest absolute Gasteiger partial charge is 0.261 e. The van der Waals surface area contributed by atoms with Crippen molar-refractivity contribution in [1.82, 2.24) is 15.4 Å². The lowest BCUT2D eigenvalue weighted by Gasteiger charge is -2.04. The second kappa shape index (κ2) is 4.28. The topological polar surface area (TPSA) is 70.7 Å². The highest BCUT2D eigenvalue weighted by molar-refractivity contribution is 6.34. The van der Waals surface area contributed by atoms with Crippen LogP contribution >= 0.6 is 11.6 Å². The maximum Gasteiger partial charge on any atom is 0.261 e. The Kier molecular flexibility index (Phi) is 2.82. The number of aromatic amines is 1. The van der Waals surface area contributed by atoms with Crippen molar-refractivity contribution in [1.29, 1.82) is 0 Å². The number of carbonyl (C=O) groups is 1. The molecule has 0 aliphatic rings. The quantitative estimate of drug-likeness (QED) is 0.842. The molecule has 0 fully saturated rings. The number of H-pyrrole nitrogens is 1. The van der Waals surface area contributed by atoms with Crippen molar-refractivity contribution in [2.45, 2.75) is 0 Å². The minimum absolute atomic E-state index is 0.0426. The van der Waals surface area contributed by atoms with Crippen LogP contribution in [0.4, 0.5) is 10.2 Å². The van der Waals surface area contributed by atoms with Gasteiger partial charge in [0, 0.05) is 0 Å². The van der Waals surface area contributed by atoms with Gasteiger partial charge in [0.05, 0.1) is 16.8 Å². The molecule has 1 aromatic carbocycles. The molecule has 0 bridgehead atoms. The van der Waals surface area contributed by atoms with Crippen LogP contribution in [0, 0.1) is 5.82 Å². The normalized spacial score (nSPS) is 10.1. The first-order valence-corrected chi connectivity index (χ1v) is 4.67. The van der Waals surface area contributed by atoms with Crippen LogP contribution in [0.25, 0.3) is 0 Å². The molecule has 5 nitrogen and oxygen atoms in total. The summed E-state index contributed by atoms with van der Waals surface area (Å²) in [4.78, 5) is 11.6. The highest BCUT2D eigenvalue weighted by atomic mass is 35.5. The molecule has 16 heavy (non-hydrogen) atoms. The summed E-state index contributed by atoms with van der Waals surface area (Å²) in [5, 5.41) is 11.8. The van der Waals surface area contributed by atoms with Gasteiger partial charge in [0.1, 0.15) is 5.82 Å². The van der Waals surface area contributed by atoms with Gasteiger partial charge in [-0.3, -0.25) is 4.79 Å². The van der Waals surface area contributed by atoms with Gasteiger partial charge in [0.2, 0.25) is 0 Å². The largest absolute Gasteiger partial charge is 0.304 e. The number of benzene rings is 1. The van der Waals surface area contributed by atoms with Crippen molar-refractivity contribution in [2.75, 3.05) is 5.32 Å². The van der Waals surface area contributed by atoms with E-state index in [1.54, 1.807) is 0 Å². The van der Waals surface area contributed by atoms with E-state index in [4.69, 9.17) is 11.6 Å². The van der Waals surface area contributed by atoms with E-state index < -0.39 is 11.7 Å². The van der Waals surface area contributed by atoms with Crippen LogP contribution in [-0.4, -0.2) is 21.3 Å². The van der Waals surface area contributed by atoms with E-state index in [9.17, 15) is 9.18 Å². The van der Waals surface area contributed by atoms with Gasteiger partial charge in [0.25, 0.3) is 5.91 Å². The lowest BCUT2D eigenvalue weighted by Crippen LogP contribution is -2.14. The average Bonchev–Trinajstić information content (AvgIpc) is 2.70. The molecule has 0 spiro atoms. The van der Waals surface area contributed by atoms with Crippen molar-refractivity contribution < 1.29 is 9.18 Å². The van der Waals surface area contributed by atoms with Crippen molar-refractivity contribution in [3.05, 3.63) is 40.8 Å². The Morgan fingerprint density at radius 3 is 2.94 bits per heavy atom. The Hall–Kier alpha value is -1.95. The first-order chi connectivity index (χ1) is 7.68. The number of aromatic nitrogens is 3. The SMILES string of the molecule is O=C(Nc1cn[nH]n1)c1c(F)cccc1Cl. The maximum absolute atomic E-state index is 13.3. The van der Waals surface area contributed by atoms with E-state index >= 15 is 0 Å². The predicted molar refractivity (Wildman–Crippen MR) is 55.7 cm³/mol. The number of rotatable bonds is 2. The highest BCUT2D eigenvalue weighted by Crippen LogP contribution is 2.19. The molecule has 1 amide bonds. The maximum atomic E-state index is 13.3. The van der Waals surface area contributed by atoms with E-state index in [0.717, 1.165) is 6.07 Å². The van der Waals surface area contributed by atoms with Crippen LogP contribution in [0.2, 0.25) is 5.02 Å². The molecule has 2 rings (SSSR count). The van der Waals surface area contributed by atoms with Crippen LogP contribution in [-0.2, 0) is 0 Å². The third-order valence-electron chi connectivity index (χ3n) is 1.85. The van der Waals surface area contributed by atoms with Crippen LogP contribution < -0.4 is 5.32 Å². The van der Waals surface area contributed by atoms with Crippen molar-refractivity contribution in [3.8, 4) is 0 Å². The molecule has 0 aliphatic heterocycles. The predicted octanol–water partition coefficient (Wildman–Crippen LogP) is 1.85. The summed E-state index contributed by atoms with van der Waals surface area (Å²) in [7, 11) is 0. The first-order valence-electron chi connectivity index (χ1n) is 4.29. The molecule has 0 atom stereocenters. The fourth-order valence-corrected chi connectivity index (χ4v) is 1.40. The fraction of sp³-hybridized carbons (Fsp3) is 0. The van der Waals surface area contributed by atoms with Gasteiger partial charge in [-0.05, 0) is 12.1 Å². The molecule has 0 aliphatic carbocycles. The zero-order valence-electron chi connectivity index (χ0n) is 7.87. The molecule has 0 saturated heterocycles. The van der Waals surface area contributed by atoms with Crippen LogP contribution in [0.3, 0.4) is 0 Å². The Balaban J connectivity index is 2.28. The van der Waals surface area contributed by atoms with Crippen LogP contribution in [0.5, 0.6) is 0 Å². The summed E-state index contributed by atoms with van der Waals surface area (Å²) in [5.74, 6) is -1.16. The minimum atomic E-state index is -0.687. The molecular weight excluding hydrogens is 235 g/mol. The van der Waals surface area contributed by atoms with Crippen LogP contribution in [0.15, 0.2) is 24.4 Å². The van der Waals surface area contributed by atoms with Gasteiger partial charge in [-0.1, -0.05) is 17.7 Å². The molecule has 2 aromatic rings. The molecule has 0 unspecified atom stereocenters. The van der Waals surface area contributed by atoms with Crippen molar-refractivity contribution >= 4 is 23.3 Å². The van der Waals surface area contributed by atoms with E-state index in [1.807, 2.05) is 0 Å². The Labute approximate surface area is 94.6 Å². The van der Waals surface area contributed by atoms with Gasteiger partial charge < -0.3 is 5.32 Å². The number of nitrogens with zero attached hydrogens (tertiary/aromatic N) is 2. The van der Waals surface area contributed by atoms with Crippen molar-refractivity contribution in [3.63, 3.8) is 0 Å². The number of carbonyl (C=O) groups excluding carboxylic acids is 1. The van der Waals surface area contributed by atoms with Gasteiger partial charge in [-0.25, -0.2) is 4.39 Å². The summed E-state index contributed by atoms with van der Waals surface area (Å²) in [6.07, 6.45) is 1.30. The standard InChI is InChI=1S/C9H6ClFN4O/c10-5-2-1-3-6(11)8(5)9(16)13-7-4-12-15-14-7/h1-4H,(H2,12,13,14,15,16). The molecule has 82 valence electrons. The molecule has 7 heteroatoms. The van der Waals surface area contributed by atoms with E-state index in [-0.39, 0.29) is 16.4 Å². The van der Waals surface area contributed by atoms with Crippen molar-refractivity contribution in [2.24, 2.45) is 0 Å². The Bertz CT molecular complexity index is 494. The number of hydrogen-bond donors (Lipinski definition) is 2. The fourth-order valence-electron chi connectivity index (χ4n) is 1.16. The lowest BCUT2D eigenvalue weighted by molar-refractivity contribution is 0.102. The zero-order chi connectivity index (χ0) is 11.5. The van der Waals surface area contributed by atoms with E-state index in [2.05, 4.69) is 20.7 Å². The molecule has 0 saturated carbocycles. The summed E-state index contributed by atoms with van der Waals surface area (Å²) in [5.41, 5.74) is -0.216. The lowest BCUT2D eigenvalue weighted by atomic mass is 10.2. The van der Waals surface area contributed by atoms with E-state index in [1.165, 1.54) is 18.3 Å². The summed E-state index contributed by atoms with van der Waals surface area (Å²) in [6.45, 7) is 0. The van der Waals surface area contributed by atoms with Gasteiger partial charge in [-0.2, -0.15) is 10.3 Å². The van der Waals surface area contributed by atoms with E-state index in [0.29, 0.717) is 0 Å². The number of halogens is 2. The van der Waals surface area contributed by atoms with Gasteiger partial charge >= 0.3 is 0 Å². The molecule has 0 radical (unpaired) electrons. The highest BCUT2D eigenvalue weighted by Gasteiger charge is 2.16. The molecule has 1 heterocycles. The summed E-state index contributed by atoms with van der Waals surface area (Å²) in [6, 6.07) is 4.01. The number of amides is 1.